The summed E-state index contributed by atoms with van der Waals surface area (Å²) in [5.41, 5.74) is -1.10. The number of amides is 4. The number of barbiturate groups is 1. The van der Waals surface area contributed by atoms with Gasteiger partial charge < -0.3 is 10.6 Å². The van der Waals surface area contributed by atoms with Crippen molar-refractivity contribution in [2.24, 2.45) is 5.41 Å². The minimum atomic E-state index is -1.10. The first kappa shape index (κ1) is 18.6. The fraction of sp³-hybridized carbons (Fsp3) is 0.769. The zero-order chi connectivity index (χ0) is 13.6. The largest absolute Gasteiger partial charge is 1.00 e. The number of imide groups is 2. The van der Waals surface area contributed by atoms with Crippen molar-refractivity contribution in [2.45, 2.75) is 58.8 Å². The van der Waals surface area contributed by atoms with Crippen LogP contribution in [0.15, 0.2) is 0 Å². The van der Waals surface area contributed by atoms with Crippen molar-refractivity contribution in [1.29, 1.82) is 0 Å². The van der Waals surface area contributed by atoms with Crippen molar-refractivity contribution >= 4 is 17.8 Å². The van der Waals surface area contributed by atoms with Gasteiger partial charge in [-0.25, -0.2) is 0 Å². The molecule has 1 aliphatic rings. The minimum absolute atomic E-state index is 0. The smallest absolute Gasteiger partial charge is 0.394 e. The van der Waals surface area contributed by atoms with Gasteiger partial charge in [0, 0.05) is 0 Å². The quantitative estimate of drug-likeness (QED) is 0.400. The Bertz CT molecular complexity index is 325. The number of urea groups is 1. The molecule has 0 aromatic heterocycles. The number of nitrogens with one attached hydrogen (secondary N) is 1. The molecule has 1 aliphatic heterocycles. The number of hydrogen-bond donors (Lipinski definition) is 1. The number of carbonyl (C=O) groups is 3. The molecule has 5 nitrogen and oxygen atoms in total. The Labute approximate surface area is 136 Å². The number of unbranched alkanes of at least 4 members (excludes halogenated alkanes) is 3. The van der Waals surface area contributed by atoms with Gasteiger partial charge in [0.15, 0.2) is 17.8 Å². The SMILES string of the molecule is CCCCCC1(CCCC)C(=O)[N-]C(=O)NC1=O.[Na+]. The van der Waals surface area contributed by atoms with Crippen LogP contribution in [0.5, 0.6) is 0 Å². The number of carbonyl (C=O) groups excluding carboxylic acids is 3. The summed E-state index contributed by atoms with van der Waals surface area (Å²) in [6, 6.07) is -0.826. The fourth-order valence-electron chi connectivity index (χ4n) is 2.26. The van der Waals surface area contributed by atoms with Gasteiger partial charge in [-0.05, 0) is 12.8 Å². The van der Waals surface area contributed by atoms with Crippen molar-refractivity contribution < 1.29 is 43.9 Å². The third kappa shape index (κ3) is 4.58. The van der Waals surface area contributed by atoms with Crippen LogP contribution in [0.2, 0.25) is 0 Å². The molecule has 0 bridgehead atoms. The summed E-state index contributed by atoms with van der Waals surface area (Å²) in [5, 5.41) is 5.58. The van der Waals surface area contributed by atoms with Gasteiger partial charge in [-0.15, -0.1) is 0 Å². The van der Waals surface area contributed by atoms with Crippen LogP contribution < -0.4 is 34.9 Å². The molecule has 4 amide bonds. The molecule has 0 aromatic rings. The van der Waals surface area contributed by atoms with Crippen LogP contribution in [0.25, 0.3) is 5.32 Å². The molecule has 6 heteroatoms. The van der Waals surface area contributed by atoms with E-state index in [1.165, 1.54) is 0 Å². The number of nitrogens with zero attached hydrogens (tertiary/aromatic N) is 1. The summed E-state index contributed by atoms with van der Waals surface area (Å²) >= 11 is 0. The molecule has 1 heterocycles. The van der Waals surface area contributed by atoms with Crippen molar-refractivity contribution in [3.63, 3.8) is 0 Å². The van der Waals surface area contributed by atoms with Crippen LogP contribution in [-0.2, 0) is 9.59 Å². The van der Waals surface area contributed by atoms with Gasteiger partial charge in [0.2, 0.25) is 0 Å². The van der Waals surface area contributed by atoms with Gasteiger partial charge in [-0.2, -0.15) is 0 Å². The summed E-state index contributed by atoms with van der Waals surface area (Å²) in [6.07, 6.45) is 5.47. The Morgan fingerprint density at radius 3 is 2.11 bits per heavy atom. The summed E-state index contributed by atoms with van der Waals surface area (Å²) < 4.78 is 0. The molecule has 19 heavy (non-hydrogen) atoms. The van der Waals surface area contributed by atoms with Gasteiger partial charge in [0.1, 0.15) is 0 Å². The van der Waals surface area contributed by atoms with Crippen LogP contribution in [0.3, 0.4) is 0 Å². The normalized spacial score (nSPS) is 22.5. The Morgan fingerprint density at radius 2 is 1.58 bits per heavy atom. The molecular weight excluding hydrogens is 255 g/mol. The molecule has 1 atom stereocenters. The second-order valence-electron chi connectivity index (χ2n) is 4.82. The zero-order valence-corrected chi connectivity index (χ0v) is 14.1. The molecule has 1 fully saturated rings. The first-order chi connectivity index (χ1) is 8.56. The van der Waals surface area contributed by atoms with Crippen LogP contribution in [0, 0.1) is 5.41 Å². The Hall–Kier alpha value is -0.390. The van der Waals surface area contributed by atoms with Crippen molar-refractivity contribution in [2.75, 3.05) is 0 Å². The summed E-state index contributed by atoms with van der Waals surface area (Å²) in [4.78, 5) is 35.1. The van der Waals surface area contributed by atoms with Gasteiger partial charge in [-0.1, -0.05) is 46.0 Å². The van der Waals surface area contributed by atoms with E-state index in [0.717, 1.165) is 32.1 Å². The Balaban J connectivity index is 0.00000324. The molecule has 0 aromatic carbocycles. The maximum atomic E-state index is 12.0. The molecule has 1 N–H and O–H groups in total. The van der Waals surface area contributed by atoms with Gasteiger partial charge in [-0.3, -0.25) is 14.4 Å². The van der Waals surface area contributed by atoms with Crippen molar-refractivity contribution in [3.05, 3.63) is 5.32 Å². The molecule has 1 saturated heterocycles. The zero-order valence-electron chi connectivity index (χ0n) is 12.1. The maximum absolute atomic E-state index is 12.0. The van der Waals surface area contributed by atoms with E-state index in [4.69, 9.17) is 0 Å². The topological polar surface area (TPSA) is 77.3 Å². The van der Waals surface area contributed by atoms with Crippen LogP contribution in [-0.4, -0.2) is 17.8 Å². The number of hydrogen-bond acceptors (Lipinski definition) is 3. The molecule has 0 saturated carbocycles. The predicted octanol–water partition coefficient (Wildman–Crippen LogP) is -0.103. The average molecular weight is 276 g/mol. The second-order valence-corrected chi connectivity index (χ2v) is 4.82. The third-order valence-electron chi connectivity index (χ3n) is 3.43. The fourth-order valence-corrected chi connectivity index (χ4v) is 2.26. The van der Waals surface area contributed by atoms with E-state index in [1.54, 1.807) is 0 Å². The van der Waals surface area contributed by atoms with Crippen molar-refractivity contribution in [3.8, 4) is 0 Å². The first-order valence-corrected chi connectivity index (χ1v) is 6.68. The standard InChI is InChI=1S/C13H22N2O3.Na/c1-3-5-7-9-13(8-6-4-2)10(16)14-12(18)15-11(13)17;/h3-9H2,1-2H3,(H2,14,15,16,17,18);/q;+1/p-1. The minimum Gasteiger partial charge on any atom is -0.394 e. The van der Waals surface area contributed by atoms with Crippen LogP contribution in [0.4, 0.5) is 4.79 Å². The molecular formula is C13H21N2NaO3. The van der Waals surface area contributed by atoms with E-state index in [-0.39, 0.29) is 29.6 Å². The van der Waals surface area contributed by atoms with Crippen LogP contribution in [0.1, 0.15) is 58.8 Å². The molecule has 0 spiro atoms. The van der Waals surface area contributed by atoms with E-state index in [1.807, 2.05) is 6.92 Å². The van der Waals surface area contributed by atoms with E-state index in [2.05, 4.69) is 17.6 Å². The van der Waals surface area contributed by atoms with Crippen molar-refractivity contribution in [1.82, 2.24) is 5.32 Å². The molecule has 0 radical (unpaired) electrons. The number of rotatable bonds is 7. The Kier molecular flexibility index (Phi) is 8.54. The average Bonchev–Trinajstić information content (AvgIpc) is 2.31. The monoisotopic (exact) mass is 276 g/mol. The summed E-state index contributed by atoms with van der Waals surface area (Å²) in [7, 11) is 0. The van der Waals surface area contributed by atoms with Gasteiger partial charge in [0.25, 0.3) is 0 Å². The van der Waals surface area contributed by atoms with Gasteiger partial charge >= 0.3 is 29.6 Å². The predicted molar refractivity (Wildman–Crippen MR) is 68.0 cm³/mol. The summed E-state index contributed by atoms with van der Waals surface area (Å²) in [5.74, 6) is -1.02. The Morgan fingerprint density at radius 1 is 1.00 bits per heavy atom. The molecule has 1 unspecified atom stereocenters. The van der Waals surface area contributed by atoms with E-state index in [9.17, 15) is 14.4 Å². The third-order valence-corrected chi connectivity index (χ3v) is 3.43. The maximum Gasteiger partial charge on any atom is 1.00 e. The molecule has 102 valence electrons. The van der Waals surface area contributed by atoms with E-state index in [0.29, 0.717) is 12.8 Å². The summed E-state index contributed by atoms with van der Waals surface area (Å²) in [6.45, 7) is 4.07. The first-order valence-electron chi connectivity index (χ1n) is 6.68. The van der Waals surface area contributed by atoms with E-state index >= 15 is 0 Å². The molecule has 1 rings (SSSR count). The van der Waals surface area contributed by atoms with Crippen LogP contribution >= 0.6 is 0 Å². The van der Waals surface area contributed by atoms with Gasteiger partial charge in [0.05, 0.1) is 5.41 Å². The molecule has 0 aliphatic carbocycles. The second kappa shape index (κ2) is 8.72. The van der Waals surface area contributed by atoms with E-state index < -0.39 is 23.3 Å².